The largest absolute Gasteiger partial charge is 0.459 e. The van der Waals surface area contributed by atoms with Gasteiger partial charge in [0.1, 0.15) is 17.8 Å². The van der Waals surface area contributed by atoms with Crippen LogP contribution in [0.4, 0.5) is 0 Å². The van der Waals surface area contributed by atoms with E-state index in [-0.39, 0.29) is 36.1 Å². The summed E-state index contributed by atoms with van der Waals surface area (Å²) in [6.45, 7) is 9.05. The number of carbonyl (C=O) groups is 2. The van der Waals surface area contributed by atoms with Gasteiger partial charge in [-0.2, -0.15) is 0 Å². The van der Waals surface area contributed by atoms with E-state index >= 15 is 0 Å². The molecule has 4 unspecified atom stereocenters. The molecular weight excluding hydrogens is 411 g/mol. The van der Waals surface area contributed by atoms with Crippen LogP contribution >= 0.6 is 23.2 Å². The molecule has 0 amide bonds. The summed E-state index contributed by atoms with van der Waals surface area (Å²) in [5.41, 5.74) is -2.87. The highest BCUT2D eigenvalue weighted by atomic mass is 35.5. The number of hydrogen-bond acceptors (Lipinski definition) is 7. The molecule has 1 aliphatic heterocycles. The van der Waals surface area contributed by atoms with Gasteiger partial charge < -0.3 is 24.8 Å². The Labute approximate surface area is 172 Å². The smallest absolute Gasteiger partial charge is 0.339 e. The van der Waals surface area contributed by atoms with Gasteiger partial charge in [-0.15, -0.1) is 23.2 Å². The van der Waals surface area contributed by atoms with Crippen molar-refractivity contribution in [3.63, 3.8) is 0 Å². The van der Waals surface area contributed by atoms with E-state index in [0.29, 0.717) is 5.57 Å². The minimum atomic E-state index is -1.90. The number of halogens is 2. The topological polar surface area (TPSA) is 113 Å². The number of carbonyl (C=O) groups excluding carboxylic acids is 2. The van der Waals surface area contributed by atoms with E-state index in [1.165, 1.54) is 6.92 Å². The molecule has 3 N–H and O–H groups in total. The minimum Gasteiger partial charge on any atom is -0.459 e. The Hall–Kier alpha value is -1.12. The van der Waals surface area contributed by atoms with Crippen molar-refractivity contribution in [2.45, 2.75) is 49.3 Å². The van der Waals surface area contributed by atoms with Crippen LogP contribution in [0.3, 0.4) is 0 Å². The number of alkyl halides is 2. The monoisotopic (exact) mass is 434 g/mol. The molecular formula is C19H24Cl2O7. The van der Waals surface area contributed by atoms with E-state index in [0.717, 1.165) is 0 Å². The first kappa shape index (κ1) is 21.6. The molecule has 8 atom stereocenters. The van der Waals surface area contributed by atoms with Crippen molar-refractivity contribution < 1.29 is 34.4 Å². The SMILES string of the molecule is C=C1C[C@@H](OC(=O)C(C)(O)CCl)C2C(=C)C(=O)O[C@@H]2C2C1C[C@@H](O)[C@@]2(O)CCl. The normalized spacial score (nSPS) is 42.3. The zero-order valence-electron chi connectivity index (χ0n) is 15.4. The van der Waals surface area contributed by atoms with Crippen molar-refractivity contribution in [1.29, 1.82) is 0 Å². The molecule has 2 saturated carbocycles. The molecule has 1 saturated heterocycles. The third-order valence-corrected chi connectivity index (χ3v) is 7.19. The highest BCUT2D eigenvalue weighted by Gasteiger charge is 2.64. The summed E-state index contributed by atoms with van der Waals surface area (Å²) in [6.07, 6.45) is -2.54. The van der Waals surface area contributed by atoms with Crippen molar-refractivity contribution in [3.8, 4) is 0 Å². The standard InChI is InChI=1S/C19H24Cl2O7/c1-8-4-11(27-17(24)18(3,25)6-20)13-9(2)16(23)28-15(13)14-10(8)5-12(22)19(14,26)7-21/h10-15,22,25-26H,1-2,4-7H2,3H3/t10?,11-,12-,13?,14?,15+,18?,19+/m1/s1. The van der Waals surface area contributed by atoms with Crippen LogP contribution in [0.15, 0.2) is 24.3 Å². The molecule has 1 heterocycles. The van der Waals surface area contributed by atoms with E-state index in [2.05, 4.69) is 13.2 Å². The summed E-state index contributed by atoms with van der Waals surface area (Å²) < 4.78 is 11.0. The molecule has 3 rings (SSSR count). The van der Waals surface area contributed by atoms with E-state index in [4.69, 9.17) is 32.7 Å². The number of aliphatic hydroxyl groups excluding tert-OH is 1. The number of rotatable bonds is 4. The lowest BCUT2D eigenvalue weighted by Crippen LogP contribution is -2.52. The second-order valence-corrected chi connectivity index (χ2v) is 8.68. The third-order valence-electron chi connectivity index (χ3n) is 6.24. The van der Waals surface area contributed by atoms with Gasteiger partial charge in [0.05, 0.1) is 23.8 Å². The zero-order chi connectivity index (χ0) is 21.0. The molecule has 0 radical (unpaired) electrons. The first-order valence-electron chi connectivity index (χ1n) is 9.01. The molecule has 2 aliphatic carbocycles. The fraction of sp³-hybridized carbons (Fsp3) is 0.684. The van der Waals surface area contributed by atoms with Crippen LogP contribution in [0.2, 0.25) is 0 Å². The van der Waals surface area contributed by atoms with Gasteiger partial charge in [-0.1, -0.05) is 18.7 Å². The Morgan fingerprint density at radius 3 is 2.64 bits per heavy atom. The summed E-state index contributed by atoms with van der Waals surface area (Å²) in [5, 5.41) is 31.6. The van der Waals surface area contributed by atoms with Gasteiger partial charge in [0, 0.05) is 17.9 Å². The van der Waals surface area contributed by atoms with Crippen LogP contribution in [-0.2, 0) is 19.1 Å². The number of aliphatic hydroxyl groups is 3. The van der Waals surface area contributed by atoms with Gasteiger partial charge in [-0.25, -0.2) is 9.59 Å². The van der Waals surface area contributed by atoms with Crippen molar-refractivity contribution in [2.75, 3.05) is 11.8 Å². The number of hydrogen-bond donors (Lipinski definition) is 3. The quantitative estimate of drug-likeness (QED) is 0.260. The minimum absolute atomic E-state index is 0.0973. The molecule has 7 nitrogen and oxygen atoms in total. The van der Waals surface area contributed by atoms with Crippen LogP contribution in [0, 0.1) is 17.8 Å². The predicted octanol–water partition coefficient (Wildman–Crippen LogP) is 0.913. The molecule has 0 aromatic carbocycles. The van der Waals surface area contributed by atoms with E-state index < -0.39 is 53.3 Å². The first-order valence-corrected chi connectivity index (χ1v) is 10.1. The average Bonchev–Trinajstić information content (AvgIpc) is 3.04. The maximum absolute atomic E-state index is 12.4. The first-order chi connectivity index (χ1) is 13.0. The fourth-order valence-electron chi connectivity index (χ4n) is 4.58. The Kier molecular flexibility index (Phi) is 5.62. The van der Waals surface area contributed by atoms with Crippen molar-refractivity contribution in [1.82, 2.24) is 0 Å². The van der Waals surface area contributed by atoms with Crippen LogP contribution in [0.25, 0.3) is 0 Å². The maximum Gasteiger partial charge on any atom is 0.339 e. The summed E-state index contributed by atoms with van der Waals surface area (Å²) in [4.78, 5) is 24.6. The van der Waals surface area contributed by atoms with Gasteiger partial charge in [-0.3, -0.25) is 0 Å². The average molecular weight is 435 g/mol. The van der Waals surface area contributed by atoms with Crippen LogP contribution < -0.4 is 0 Å². The number of ether oxygens (including phenoxy) is 2. The van der Waals surface area contributed by atoms with E-state index in [9.17, 15) is 24.9 Å². The second-order valence-electron chi connectivity index (χ2n) is 8.14. The van der Waals surface area contributed by atoms with Crippen LogP contribution in [0.5, 0.6) is 0 Å². The van der Waals surface area contributed by atoms with Crippen molar-refractivity contribution in [2.24, 2.45) is 17.8 Å². The van der Waals surface area contributed by atoms with Crippen molar-refractivity contribution >= 4 is 35.1 Å². The third kappa shape index (κ3) is 3.17. The predicted molar refractivity (Wildman–Crippen MR) is 101 cm³/mol. The molecule has 0 aromatic heterocycles. The lowest BCUT2D eigenvalue weighted by atomic mass is 9.76. The second kappa shape index (κ2) is 7.29. The van der Waals surface area contributed by atoms with Crippen molar-refractivity contribution in [3.05, 3.63) is 24.3 Å². The maximum atomic E-state index is 12.4. The van der Waals surface area contributed by atoms with E-state index in [1.54, 1.807) is 0 Å². The highest BCUT2D eigenvalue weighted by Crippen LogP contribution is 2.55. The van der Waals surface area contributed by atoms with Gasteiger partial charge in [-0.05, 0) is 19.3 Å². The number of esters is 2. The molecule has 156 valence electrons. The Morgan fingerprint density at radius 1 is 1.43 bits per heavy atom. The van der Waals surface area contributed by atoms with Gasteiger partial charge in [0.25, 0.3) is 0 Å². The summed E-state index contributed by atoms with van der Waals surface area (Å²) >= 11 is 11.6. The van der Waals surface area contributed by atoms with Gasteiger partial charge in [0.15, 0.2) is 5.60 Å². The lowest BCUT2D eigenvalue weighted by molar-refractivity contribution is -0.172. The molecule has 3 fully saturated rings. The van der Waals surface area contributed by atoms with E-state index in [1.807, 2.05) is 0 Å². The Morgan fingerprint density at radius 2 is 2.07 bits per heavy atom. The van der Waals surface area contributed by atoms with Gasteiger partial charge >= 0.3 is 11.9 Å². The molecule has 28 heavy (non-hydrogen) atoms. The Bertz CT molecular complexity index is 721. The number of fused-ring (bicyclic) bond motifs is 3. The summed E-state index contributed by atoms with van der Waals surface area (Å²) in [7, 11) is 0. The van der Waals surface area contributed by atoms with Gasteiger partial charge in [0.2, 0.25) is 0 Å². The summed E-state index contributed by atoms with van der Waals surface area (Å²) in [5.74, 6) is -4.11. The van der Waals surface area contributed by atoms with Crippen LogP contribution in [-0.4, -0.2) is 68.5 Å². The molecule has 0 spiro atoms. The molecule has 0 bridgehead atoms. The zero-order valence-corrected chi connectivity index (χ0v) is 16.9. The highest BCUT2D eigenvalue weighted by molar-refractivity contribution is 6.20. The summed E-state index contributed by atoms with van der Waals surface area (Å²) in [6, 6.07) is 0. The van der Waals surface area contributed by atoms with Crippen LogP contribution in [0.1, 0.15) is 19.8 Å². The molecule has 9 heteroatoms. The molecule has 3 aliphatic rings. The lowest BCUT2D eigenvalue weighted by Gasteiger charge is -2.37. The molecule has 0 aromatic rings. The fourth-order valence-corrected chi connectivity index (χ4v) is 5.05. The Balaban J connectivity index is 2.01.